The molecule has 1 atom stereocenters. The highest BCUT2D eigenvalue weighted by Crippen LogP contribution is 2.28. The number of nitrogens with zero attached hydrogens (tertiary/aromatic N) is 1. The highest BCUT2D eigenvalue weighted by Gasteiger charge is 2.23. The number of nitrogens with one attached hydrogen (secondary N) is 1. The molecule has 0 spiro atoms. The fraction of sp³-hybridized carbons (Fsp3) is 0.611. The molecular formula is C18H27ClN2O. The molecule has 0 bridgehead atoms. The number of amides is 1. The van der Waals surface area contributed by atoms with Crippen molar-refractivity contribution in [2.24, 2.45) is 5.92 Å². The quantitative estimate of drug-likeness (QED) is 0.903. The Balaban J connectivity index is 0.00000176. The first kappa shape index (κ1) is 17.3. The number of likely N-dealkylation sites (tertiary alicyclic amines) is 1. The lowest BCUT2D eigenvalue weighted by molar-refractivity contribution is -0.130. The molecular weight excluding hydrogens is 296 g/mol. The van der Waals surface area contributed by atoms with Crippen LogP contribution in [0.5, 0.6) is 0 Å². The first-order valence-corrected chi connectivity index (χ1v) is 8.36. The van der Waals surface area contributed by atoms with Crippen LogP contribution in [0.2, 0.25) is 0 Å². The minimum Gasteiger partial charge on any atom is -0.342 e. The van der Waals surface area contributed by atoms with Crippen LogP contribution in [-0.2, 0) is 4.79 Å². The van der Waals surface area contributed by atoms with Crippen molar-refractivity contribution < 1.29 is 4.79 Å². The molecule has 1 unspecified atom stereocenters. The summed E-state index contributed by atoms with van der Waals surface area (Å²) in [6.45, 7) is 3.37. The van der Waals surface area contributed by atoms with Gasteiger partial charge in [0.1, 0.15) is 0 Å². The van der Waals surface area contributed by atoms with Crippen molar-refractivity contribution in [3.63, 3.8) is 0 Å². The van der Waals surface area contributed by atoms with E-state index in [1.165, 1.54) is 24.8 Å². The maximum Gasteiger partial charge on any atom is 0.236 e. The van der Waals surface area contributed by atoms with Crippen LogP contribution in [0.1, 0.15) is 43.6 Å². The molecule has 3 nitrogen and oxygen atoms in total. The molecule has 3 rings (SSSR count). The average molecular weight is 323 g/mol. The summed E-state index contributed by atoms with van der Waals surface area (Å²) in [5, 5.41) is 3.32. The van der Waals surface area contributed by atoms with Gasteiger partial charge in [0.2, 0.25) is 5.91 Å². The fourth-order valence-corrected chi connectivity index (χ4v) is 3.22. The first-order valence-electron chi connectivity index (χ1n) is 8.36. The van der Waals surface area contributed by atoms with Gasteiger partial charge < -0.3 is 10.2 Å². The largest absolute Gasteiger partial charge is 0.342 e. The van der Waals surface area contributed by atoms with E-state index in [1.807, 2.05) is 0 Å². The average Bonchev–Trinajstić information content (AvgIpc) is 3.34. The van der Waals surface area contributed by atoms with Crippen molar-refractivity contribution in [2.45, 2.75) is 38.0 Å². The first-order chi connectivity index (χ1) is 10.3. The van der Waals surface area contributed by atoms with E-state index in [4.69, 9.17) is 0 Å². The van der Waals surface area contributed by atoms with E-state index in [0.29, 0.717) is 12.5 Å². The molecule has 2 aliphatic rings. The molecule has 1 aromatic carbocycles. The number of rotatable bonds is 5. The van der Waals surface area contributed by atoms with Crippen molar-refractivity contribution in [1.29, 1.82) is 0 Å². The maximum absolute atomic E-state index is 12.3. The molecule has 2 fully saturated rings. The smallest absolute Gasteiger partial charge is 0.236 e. The van der Waals surface area contributed by atoms with Crippen LogP contribution in [0.25, 0.3) is 0 Å². The Labute approximate surface area is 139 Å². The van der Waals surface area contributed by atoms with Gasteiger partial charge >= 0.3 is 0 Å². The second-order valence-electron chi connectivity index (χ2n) is 6.49. The van der Waals surface area contributed by atoms with Gasteiger partial charge in [-0.15, -0.1) is 12.4 Å². The minimum absolute atomic E-state index is 0. The lowest BCUT2D eigenvalue weighted by atomic mass is 9.92. The van der Waals surface area contributed by atoms with Crippen molar-refractivity contribution in [1.82, 2.24) is 10.2 Å². The molecule has 22 heavy (non-hydrogen) atoms. The molecule has 1 saturated carbocycles. The summed E-state index contributed by atoms with van der Waals surface area (Å²) in [6.07, 6.45) is 6.09. The highest BCUT2D eigenvalue weighted by molar-refractivity contribution is 5.85. The van der Waals surface area contributed by atoms with E-state index in [-0.39, 0.29) is 18.3 Å². The van der Waals surface area contributed by atoms with Crippen LogP contribution in [0, 0.1) is 5.92 Å². The zero-order valence-electron chi connectivity index (χ0n) is 13.2. The third-order valence-electron chi connectivity index (χ3n) is 4.76. The normalized spacial score (nSPS) is 21.8. The van der Waals surface area contributed by atoms with Gasteiger partial charge in [0, 0.05) is 13.1 Å². The Hall–Kier alpha value is -1.06. The standard InChI is InChI=1S/C18H26N2O.ClH/c21-18(14-19-13-15-8-9-15)20-11-4-7-17(10-12-20)16-5-2-1-3-6-16;/h1-3,5-6,15,17,19H,4,7-14H2;1H. The van der Waals surface area contributed by atoms with Gasteiger partial charge in [-0.3, -0.25) is 4.79 Å². The van der Waals surface area contributed by atoms with Gasteiger partial charge in [-0.25, -0.2) is 0 Å². The van der Waals surface area contributed by atoms with Gasteiger partial charge in [0.25, 0.3) is 0 Å². The molecule has 122 valence electrons. The number of halogens is 1. The van der Waals surface area contributed by atoms with Crippen LogP contribution in [-0.4, -0.2) is 37.0 Å². The zero-order valence-corrected chi connectivity index (χ0v) is 14.0. The molecule has 1 aliphatic heterocycles. The summed E-state index contributed by atoms with van der Waals surface area (Å²) in [4.78, 5) is 14.3. The Bertz CT molecular complexity index is 461. The highest BCUT2D eigenvalue weighted by atomic mass is 35.5. The number of carbonyl (C=O) groups is 1. The van der Waals surface area contributed by atoms with E-state index in [1.54, 1.807) is 0 Å². The molecule has 4 heteroatoms. The number of benzene rings is 1. The topological polar surface area (TPSA) is 32.3 Å². The van der Waals surface area contributed by atoms with Crippen molar-refractivity contribution in [3.8, 4) is 0 Å². The van der Waals surface area contributed by atoms with Gasteiger partial charge in [-0.1, -0.05) is 30.3 Å². The van der Waals surface area contributed by atoms with E-state index >= 15 is 0 Å². The summed E-state index contributed by atoms with van der Waals surface area (Å²) in [6, 6.07) is 10.7. The van der Waals surface area contributed by atoms with Gasteiger partial charge in [0.05, 0.1) is 6.54 Å². The molecule has 1 saturated heterocycles. The Morgan fingerprint density at radius 1 is 1.09 bits per heavy atom. The summed E-state index contributed by atoms with van der Waals surface area (Å²) >= 11 is 0. The number of carbonyl (C=O) groups excluding carboxylic acids is 1. The van der Waals surface area contributed by atoms with E-state index in [9.17, 15) is 4.79 Å². The van der Waals surface area contributed by atoms with Gasteiger partial charge in [-0.05, 0) is 56.0 Å². The van der Waals surface area contributed by atoms with Crippen LogP contribution >= 0.6 is 12.4 Å². The second kappa shape index (κ2) is 8.54. The summed E-state index contributed by atoms with van der Waals surface area (Å²) in [7, 11) is 0. The van der Waals surface area contributed by atoms with Crippen molar-refractivity contribution >= 4 is 18.3 Å². The monoisotopic (exact) mass is 322 g/mol. The zero-order chi connectivity index (χ0) is 14.5. The minimum atomic E-state index is 0. The van der Waals surface area contributed by atoms with Crippen molar-refractivity contribution in [2.75, 3.05) is 26.2 Å². The number of hydrogen-bond donors (Lipinski definition) is 1. The SMILES string of the molecule is Cl.O=C(CNCC1CC1)N1CCCC(c2ccccc2)CC1. The third-order valence-corrected chi connectivity index (χ3v) is 4.76. The van der Waals surface area contributed by atoms with Crippen LogP contribution in [0.15, 0.2) is 30.3 Å². The molecule has 1 aliphatic carbocycles. The van der Waals surface area contributed by atoms with E-state index in [2.05, 4.69) is 40.5 Å². The Kier molecular flexibility index (Phi) is 6.71. The fourth-order valence-electron chi connectivity index (χ4n) is 3.22. The molecule has 1 heterocycles. The van der Waals surface area contributed by atoms with Gasteiger partial charge in [-0.2, -0.15) is 0 Å². The van der Waals surface area contributed by atoms with E-state index < -0.39 is 0 Å². The maximum atomic E-state index is 12.3. The lowest BCUT2D eigenvalue weighted by Crippen LogP contribution is -2.39. The lowest BCUT2D eigenvalue weighted by Gasteiger charge is -2.21. The third kappa shape index (κ3) is 4.99. The van der Waals surface area contributed by atoms with Crippen LogP contribution in [0.4, 0.5) is 0 Å². The Morgan fingerprint density at radius 2 is 1.86 bits per heavy atom. The summed E-state index contributed by atoms with van der Waals surface area (Å²) < 4.78 is 0. The molecule has 1 N–H and O–H groups in total. The predicted octanol–water partition coefficient (Wildman–Crippen LogP) is 3.20. The molecule has 1 amide bonds. The van der Waals surface area contributed by atoms with Crippen molar-refractivity contribution in [3.05, 3.63) is 35.9 Å². The predicted molar refractivity (Wildman–Crippen MR) is 92.5 cm³/mol. The second-order valence-corrected chi connectivity index (χ2v) is 6.49. The molecule has 0 radical (unpaired) electrons. The summed E-state index contributed by atoms with van der Waals surface area (Å²) in [5.41, 5.74) is 1.43. The van der Waals surface area contributed by atoms with E-state index in [0.717, 1.165) is 38.4 Å². The Morgan fingerprint density at radius 3 is 2.59 bits per heavy atom. The van der Waals surface area contributed by atoms with Gasteiger partial charge in [0.15, 0.2) is 0 Å². The van der Waals surface area contributed by atoms with Crippen LogP contribution in [0.3, 0.4) is 0 Å². The summed E-state index contributed by atoms with van der Waals surface area (Å²) in [5.74, 6) is 1.73. The van der Waals surface area contributed by atoms with Crippen LogP contribution < -0.4 is 5.32 Å². The number of hydrogen-bond acceptors (Lipinski definition) is 2. The molecule has 0 aromatic heterocycles. The molecule has 1 aromatic rings.